The second kappa shape index (κ2) is 3.32. The van der Waals surface area contributed by atoms with E-state index in [9.17, 15) is 4.79 Å². The molecule has 12 heavy (non-hydrogen) atoms. The molecular weight excluding hydrogens is 156 g/mol. The van der Waals surface area contributed by atoms with Crippen molar-refractivity contribution >= 4 is 5.97 Å². The topological polar surface area (TPSA) is 76.2 Å². The summed E-state index contributed by atoms with van der Waals surface area (Å²) in [7, 11) is 0. The monoisotopic (exact) mass is 166 g/mol. The Balaban J connectivity index is 3.04. The van der Waals surface area contributed by atoms with E-state index >= 15 is 0 Å². The Bertz CT molecular complexity index is 297. The summed E-state index contributed by atoms with van der Waals surface area (Å²) in [5, 5.41) is 8.59. The molecule has 0 spiro atoms. The summed E-state index contributed by atoms with van der Waals surface area (Å²) in [6.45, 7) is 1.76. The molecule has 1 rings (SSSR count). The molecule has 0 aliphatic heterocycles. The van der Waals surface area contributed by atoms with Crippen molar-refractivity contribution in [1.82, 2.24) is 4.98 Å². The van der Waals surface area contributed by atoms with Gasteiger partial charge in [0.15, 0.2) is 0 Å². The lowest BCUT2D eigenvalue weighted by molar-refractivity contribution is 0.0690. The first-order chi connectivity index (χ1) is 5.61. The molecule has 64 valence electrons. The Morgan fingerprint density at radius 2 is 2.33 bits per heavy atom. The summed E-state index contributed by atoms with van der Waals surface area (Å²) < 4.78 is 0. The molecule has 0 aliphatic carbocycles. The van der Waals surface area contributed by atoms with Crippen LogP contribution >= 0.6 is 0 Å². The summed E-state index contributed by atoms with van der Waals surface area (Å²) in [5.41, 5.74) is 6.15. The van der Waals surface area contributed by atoms with Crippen molar-refractivity contribution < 1.29 is 9.90 Å². The van der Waals surface area contributed by atoms with Crippen molar-refractivity contribution in [1.29, 1.82) is 0 Å². The maximum Gasteiger partial charge on any atom is 0.354 e. The van der Waals surface area contributed by atoms with E-state index in [0.717, 1.165) is 0 Å². The standard InChI is InChI=1S/C8H10N2O2/c1-5(9)6-3-2-4-7(10-6)8(11)12/h2-5H,9H2,1H3,(H,11,12)/t5-/m0/s1. The van der Waals surface area contributed by atoms with Crippen LogP contribution in [0.4, 0.5) is 0 Å². The Morgan fingerprint density at radius 1 is 1.67 bits per heavy atom. The molecule has 1 aromatic rings. The van der Waals surface area contributed by atoms with Crippen LogP contribution in [-0.4, -0.2) is 16.1 Å². The zero-order valence-electron chi connectivity index (χ0n) is 6.69. The summed E-state index contributed by atoms with van der Waals surface area (Å²) in [4.78, 5) is 14.3. The first-order valence-electron chi connectivity index (χ1n) is 3.57. The first-order valence-corrected chi connectivity index (χ1v) is 3.57. The van der Waals surface area contributed by atoms with E-state index in [-0.39, 0.29) is 11.7 Å². The minimum Gasteiger partial charge on any atom is -0.477 e. The van der Waals surface area contributed by atoms with Gasteiger partial charge in [0.2, 0.25) is 0 Å². The average molecular weight is 166 g/mol. The maximum atomic E-state index is 10.5. The van der Waals surface area contributed by atoms with Gasteiger partial charge in [-0.3, -0.25) is 0 Å². The number of aromatic carboxylic acids is 1. The van der Waals surface area contributed by atoms with Crippen LogP contribution in [0.15, 0.2) is 18.2 Å². The molecule has 0 aromatic carbocycles. The van der Waals surface area contributed by atoms with Crippen LogP contribution in [0.25, 0.3) is 0 Å². The fourth-order valence-corrected chi connectivity index (χ4v) is 0.824. The van der Waals surface area contributed by atoms with E-state index in [2.05, 4.69) is 4.98 Å². The third kappa shape index (κ3) is 1.79. The summed E-state index contributed by atoms with van der Waals surface area (Å²) in [6.07, 6.45) is 0. The van der Waals surface area contributed by atoms with Gasteiger partial charge in [-0.2, -0.15) is 0 Å². The van der Waals surface area contributed by atoms with Gasteiger partial charge in [-0.1, -0.05) is 6.07 Å². The lowest BCUT2D eigenvalue weighted by Crippen LogP contribution is -2.10. The van der Waals surface area contributed by atoms with Gasteiger partial charge in [-0.15, -0.1) is 0 Å². The SMILES string of the molecule is C[C@H](N)c1cccc(C(=O)O)n1. The normalized spacial score (nSPS) is 12.5. The van der Waals surface area contributed by atoms with Crippen LogP contribution in [-0.2, 0) is 0 Å². The molecule has 0 amide bonds. The third-order valence-corrected chi connectivity index (χ3v) is 1.46. The predicted molar refractivity (Wildman–Crippen MR) is 43.8 cm³/mol. The molecule has 3 N–H and O–H groups in total. The third-order valence-electron chi connectivity index (χ3n) is 1.46. The average Bonchev–Trinajstić information content (AvgIpc) is 2.04. The summed E-state index contributed by atoms with van der Waals surface area (Å²) in [6, 6.07) is 4.55. The summed E-state index contributed by atoms with van der Waals surface area (Å²) in [5.74, 6) is -1.03. The van der Waals surface area contributed by atoms with Crippen LogP contribution in [0.5, 0.6) is 0 Å². The van der Waals surface area contributed by atoms with E-state index in [1.807, 2.05) is 0 Å². The van der Waals surface area contributed by atoms with E-state index in [1.54, 1.807) is 19.1 Å². The second-order valence-electron chi connectivity index (χ2n) is 2.54. The van der Waals surface area contributed by atoms with Gasteiger partial charge >= 0.3 is 5.97 Å². The number of pyridine rings is 1. The highest BCUT2D eigenvalue weighted by Gasteiger charge is 2.06. The molecule has 0 bridgehead atoms. The number of carboxylic acids is 1. The molecule has 4 heteroatoms. The molecule has 0 saturated heterocycles. The number of carbonyl (C=O) groups is 1. The molecule has 1 aromatic heterocycles. The molecular formula is C8H10N2O2. The Labute approximate surface area is 70.0 Å². The van der Waals surface area contributed by atoms with Gasteiger partial charge < -0.3 is 10.8 Å². The van der Waals surface area contributed by atoms with Crippen molar-refractivity contribution in [2.75, 3.05) is 0 Å². The second-order valence-corrected chi connectivity index (χ2v) is 2.54. The van der Waals surface area contributed by atoms with Crippen molar-refractivity contribution in [3.63, 3.8) is 0 Å². The van der Waals surface area contributed by atoms with Gasteiger partial charge in [0, 0.05) is 6.04 Å². The van der Waals surface area contributed by atoms with Crippen LogP contribution in [0, 0.1) is 0 Å². The lowest BCUT2D eigenvalue weighted by atomic mass is 10.2. The Morgan fingerprint density at radius 3 is 2.83 bits per heavy atom. The Kier molecular flexibility index (Phi) is 2.40. The maximum absolute atomic E-state index is 10.5. The van der Waals surface area contributed by atoms with Gasteiger partial charge in [0.25, 0.3) is 0 Å². The number of carboxylic acid groups (broad SMARTS) is 1. The fourth-order valence-electron chi connectivity index (χ4n) is 0.824. The molecule has 0 radical (unpaired) electrons. The van der Waals surface area contributed by atoms with Gasteiger partial charge in [-0.05, 0) is 19.1 Å². The Hall–Kier alpha value is -1.42. The van der Waals surface area contributed by atoms with Crippen molar-refractivity contribution in [2.24, 2.45) is 5.73 Å². The molecule has 4 nitrogen and oxygen atoms in total. The fraction of sp³-hybridized carbons (Fsp3) is 0.250. The van der Waals surface area contributed by atoms with Crippen LogP contribution in [0.3, 0.4) is 0 Å². The smallest absolute Gasteiger partial charge is 0.354 e. The zero-order chi connectivity index (χ0) is 9.14. The summed E-state index contributed by atoms with van der Waals surface area (Å²) >= 11 is 0. The van der Waals surface area contributed by atoms with E-state index < -0.39 is 5.97 Å². The highest BCUT2D eigenvalue weighted by molar-refractivity contribution is 5.85. The molecule has 0 unspecified atom stereocenters. The molecule has 0 fully saturated rings. The first kappa shape index (κ1) is 8.67. The van der Waals surface area contributed by atoms with Gasteiger partial charge in [-0.25, -0.2) is 9.78 Å². The van der Waals surface area contributed by atoms with Crippen molar-refractivity contribution in [3.05, 3.63) is 29.6 Å². The van der Waals surface area contributed by atoms with Crippen molar-refractivity contribution in [3.8, 4) is 0 Å². The molecule has 1 atom stereocenters. The van der Waals surface area contributed by atoms with E-state index in [0.29, 0.717) is 5.69 Å². The highest BCUT2D eigenvalue weighted by atomic mass is 16.4. The van der Waals surface area contributed by atoms with Gasteiger partial charge in [0.05, 0.1) is 5.69 Å². The quantitative estimate of drug-likeness (QED) is 0.681. The molecule has 1 heterocycles. The van der Waals surface area contributed by atoms with Crippen molar-refractivity contribution in [2.45, 2.75) is 13.0 Å². The minimum absolute atomic E-state index is 0.0322. The number of hydrogen-bond acceptors (Lipinski definition) is 3. The largest absolute Gasteiger partial charge is 0.477 e. The molecule has 0 aliphatic rings. The highest BCUT2D eigenvalue weighted by Crippen LogP contribution is 2.06. The number of hydrogen-bond donors (Lipinski definition) is 2. The van der Waals surface area contributed by atoms with Gasteiger partial charge in [0.1, 0.15) is 5.69 Å². The van der Waals surface area contributed by atoms with E-state index in [1.165, 1.54) is 6.07 Å². The van der Waals surface area contributed by atoms with E-state index in [4.69, 9.17) is 10.8 Å². The molecule has 0 saturated carbocycles. The number of aromatic nitrogens is 1. The minimum atomic E-state index is -1.03. The number of rotatable bonds is 2. The van der Waals surface area contributed by atoms with Crippen LogP contribution in [0.2, 0.25) is 0 Å². The predicted octanol–water partition coefficient (Wildman–Crippen LogP) is 0.800. The zero-order valence-corrected chi connectivity index (χ0v) is 6.69. The van der Waals surface area contributed by atoms with Crippen LogP contribution in [0.1, 0.15) is 29.1 Å². The van der Waals surface area contributed by atoms with Crippen LogP contribution < -0.4 is 5.73 Å². The number of nitrogens with zero attached hydrogens (tertiary/aromatic N) is 1. The number of nitrogens with two attached hydrogens (primary N) is 1. The lowest BCUT2D eigenvalue weighted by Gasteiger charge is -2.03.